The number of carbonyl (C=O) groups is 1. The maximum atomic E-state index is 12.1. The van der Waals surface area contributed by atoms with Crippen LogP contribution >= 0.6 is 0 Å². The number of aliphatic hydroxyl groups excluding tert-OH is 1. The Labute approximate surface area is 124 Å². The van der Waals surface area contributed by atoms with Gasteiger partial charge in [-0.2, -0.15) is 0 Å². The normalized spacial score (nSPS) is 15.9. The summed E-state index contributed by atoms with van der Waals surface area (Å²) in [6.07, 6.45) is 0. The summed E-state index contributed by atoms with van der Waals surface area (Å²) in [7, 11) is 3.61. The number of hydrogen-bond acceptors (Lipinski definition) is 5. The lowest BCUT2D eigenvalue weighted by atomic mass is 10.2. The number of carbonyl (C=O) groups excluding carboxylic acids is 1. The van der Waals surface area contributed by atoms with E-state index in [1.807, 2.05) is 7.05 Å². The average Bonchev–Trinajstić information content (AvgIpc) is 2.52. The van der Waals surface area contributed by atoms with Crippen molar-refractivity contribution in [3.8, 4) is 11.5 Å². The van der Waals surface area contributed by atoms with Crippen molar-refractivity contribution in [1.29, 1.82) is 0 Å². The maximum absolute atomic E-state index is 12.1. The third-order valence-corrected chi connectivity index (χ3v) is 3.65. The predicted octanol–water partition coefficient (Wildman–Crippen LogP) is 0.340. The van der Waals surface area contributed by atoms with E-state index in [2.05, 4.69) is 4.90 Å². The molecule has 0 bridgehead atoms. The second-order valence-corrected chi connectivity index (χ2v) is 5.10. The summed E-state index contributed by atoms with van der Waals surface area (Å²) in [5, 5.41) is 9.30. The molecule has 6 nitrogen and oxygen atoms in total. The van der Waals surface area contributed by atoms with Gasteiger partial charge < -0.3 is 24.4 Å². The van der Waals surface area contributed by atoms with Crippen LogP contribution in [0.15, 0.2) is 18.2 Å². The van der Waals surface area contributed by atoms with Crippen LogP contribution in [0.4, 0.5) is 0 Å². The Morgan fingerprint density at radius 2 is 2.00 bits per heavy atom. The maximum Gasteiger partial charge on any atom is 0.260 e. The van der Waals surface area contributed by atoms with Gasteiger partial charge in [0.1, 0.15) is 11.5 Å². The van der Waals surface area contributed by atoms with Gasteiger partial charge in [-0.1, -0.05) is 0 Å². The molecule has 0 aromatic heterocycles. The molecule has 0 atom stereocenters. The van der Waals surface area contributed by atoms with Crippen LogP contribution in [0.5, 0.6) is 11.5 Å². The van der Waals surface area contributed by atoms with Crippen LogP contribution in [0.25, 0.3) is 0 Å². The molecular formula is C15H22N2O4. The zero-order chi connectivity index (χ0) is 15.2. The molecule has 2 rings (SSSR count). The topological polar surface area (TPSA) is 62.2 Å². The van der Waals surface area contributed by atoms with E-state index in [-0.39, 0.29) is 19.1 Å². The fourth-order valence-corrected chi connectivity index (χ4v) is 2.21. The Morgan fingerprint density at radius 1 is 1.29 bits per heavy atom. The number of hydrogen-bond donors (Lipinski definition) is 1. The summed E-state index contributed by atoms with van der Waals surface area (Å²) < 4.78 is 10.7. The van der Waals surface area contributed by atoms with Crippen LogP contribution in [0.1, 0.15) is 5.56 Å². The molecule has 1 aliphatic rings. The van der Waals surface area contributed by atoms with Crippen molar-refractivity contribution in [3.05, 3.63) is 23.8 Å². The van der Waals surface area contributed by atoms with Crippen molar-refractivity contribution in [3.63, 3.8) is 0 Å². The predicted molar refractivity (Wildman–Crippen MR) is 78.5 cm³/mol. The highest BCUT2D eigenvalue weighted by Gasteiger charge is 2.19. The third kappa shape index (κ3) is 4.09. The molecule has 0 unspecified atom stereocenters. The number of aliphatic hydroxyl groups is 1. The molecule has 0 radical (unpaired) electrons. The average molecular weight is 294 g/mol. The zero-order valence-electron chi connectivity index (χ0n) is 12.5. The molecule has 21 heavy (non-hydrogen) atoms. The monoisotopic (exact) mass is 294 g/mol. The summed E-state index contributed by atoms with van der Waals surface area (Å²) in [4.78, 5) is 16.1. The molecule has 1 aromatic carbocycles. The summed E-state index contributed by atoms with van der Waals surface area (Å²) >= 11 is 0. The van der Waals surface area contributed by atoms with E-state index in [0.717, 1.165) is 26.2 Å². The number of ether oxygens (including phenoxy) is 2. The van der Waals surface area contributed by atoms with Crippen molar-refractivity contribution in [2.24, 2.45) is 0 Å². The van der Waals surface area contributed by atoms with Gasteiger partial charge >= 0.3 is 0 Å². The van der Waals surface area contributed by atoms with Crippen LogP contribution in [0.3, 0.4) is 0 Å². The van der Waals surface area contributed by atoms with E-state index in [1.54, 1.807) is 30.2 Å². The lowest BCUT2D eigenvalue weighted by Gasteiger charge is -2.32. The zero-order valence-corrected chi connectivity index (χ0v) is 12.5. The highest BCUT2D eigenvalue weighted by molar-refractivity contribution is 5.78. The first-order chi connectivity index (χ1) is 10.1. The van der Waals surface area contributed by atoms with Crippen LogP contribution in [-0.4, -0.2) is 67.8 Å². The van der Waals surface area contributed by atoms with E-state index in [4.69, 9.17) is 9.47 Å². The number of rotatable bonds is 5. The summed E-state index contributed by atoms with van der Waals surface area (Å²) in [5.74, 6) is 1.09. The van der Waals surface area contributed by atoms with Crippen LogP contribution in [-0.2, 0) is 11.4 Å². The molecule has 116 valence electrons. The molecule has 1 saturated heterocycles. The van der Waals surface area contributed by atoms with Crippen molar-refractivity contribution in [1.82, 2.24) is 9.80 Å². The van der Waals surface area contributed by atoms with Gasteiger partial charge in [0.15, 0.2) is 6.61 Å². The number of methoxy groups -OCH3 is 1. The number of likely N-dealkylation sites (N-methyl/N-ethyl adjacent to an activating group) is 1. The van der Waals surface area contributed by atoms with E-state index in [9.17, 15) is 9.90 Å². The highest BCUT2D eigenvalue weighted by Crippen LogP contribution is 2.24. The van der Waals surface area contributed by atoms with Crippen LogP contribution in [0, 0.1) is 0 Å². The quantitative estimate of drug-likeness (QED) is 0.848. The van der Waals surface area contributed by atoms with Crippen molar-refractivity contribution in [2.45, 2.75) is 6.61 Å². The standard InChI is InChI=1S/C15H22N2O4/c1-16-5-7-17(8-6-16)15(19)11-21-14-9-13(20-2)4-3-12(14)10-18/h3-4,9,18H,5-8,10-11H2,1-2H3. The number of amides is 1. The van der Waals surface area contributed by atoms with Gasteiger partial charge in [0.25, 0.3) is 5.91 Å². The fraction of sp³-hybridized carbons (Fsp3) is 0.533. The lowest BCUT2D eigenvalue weighted by molar-refractivity contribution is -0.134. The summed E-state index contributed by atoms with van der Waals surface area (Å²) in [6.45, 7) is 3.05. The molecule has 0 spiro atoms. The smallest absolute Gasteiger partial charge is 0.260 e. The Bertz CT molecular complexity index is 485. The first-order valence-electron chi connectivity index (χ1n) is 7.01. The second kappa shape index (κ2) is 7.28. The minimum Gasteiger partial charge on any atom is -0.497 e. The fourth-order valence-electron chi connectivity index (χ4n) is 2.21. The molecule has 6 heteroatoms. The van der Waals surface area contributed by atoms with E-state index < -0.39 is 0 Å². The van der Waals surface area contributed by atoms with Gasteiger partial charge in [-0.3, -0.25) is 4.79 Å². The van der Waals surface area contributed by atoms with Gasteiger partial charge in [0.2, 0.25) is 0 Å². The van der Waals surface area contributed by atoms with Gasteiger partial charge in [0.05, 0.1) is 13.7 Å². The third-order valence-electron chi connectivity index (χ3n) is 3.65. The van der Waals surface area contributed by atoms with Gasteiger partial charge in [-0.25, -0.2) is 0 Å². The Balaban J connectivity index is 1.94. The largest absolute Gasteiger partial charge is 0.497 e. The van der Waals surface area contributed by atoms with Crippen LogP contribution in [0.2, 0.25) is 0 Å². The van der Waals surface area contributed by atoms with E-state index in [1.165, 1.54) is 0 Å². The van der Waals surface area contributed by atoms with E-state index in [0.29, 0.717) is 17.1 Å². The van der Waals surface area contributed by atoms with Crippen LogP contribution < -0.4 is 9.47 Å². The molecule has 1 fully saturated rings. The van der Waals surface area contributed by atoms with Gasteiger partial charge in [-0.15, -0.1) is 0 Å². The molecular weight excluding hydrogens is 272 g/mol. The van der Waals surface area contributed by atoms with Crippen molar-refractivity contribution in [2.75, 3.05) is 46.9 Å². The summed E-state index contributed by atoms with van der Waals surface area (Å²) in [6, 6.07) is 5.16. The molecule has 0 saturated carbocycles. The van der Waals surface area contributed by atoms with Gasteiger partial charge in [-0.05, 0) is 19.2 Å². The Hall–Kier alpha value is -1.79. The minimum absolute atomic E-state index is 0.0239. The minimum atomic E-state index is -0.137. The molecule has 1 heterocycles. The van der Waals surface area contributed by atoms with E-state index >= 15 is 0 Å². The van der Waals surface area contributed by atoms with Gasteiger partial charge in [0, 0.05) is 37.8 Å². The number of nitrogens with zero attached hydrogens (tertiary/aromatic N) is 2. The summed E-state index contributed by atoms with van der Waals surface area (Å²) in [5.41, 5.74) is 0.641. The first kappa shape index (κ1) is 15.6. The molecule has 1 aromatic rings. The Kier molecular flexibility index (Phi) is 5.41. The number of benzene rings is 1. The first-order valence-corrected chi connectivity index (χ1v) is 7.01. The SMILES string of the molecule is COc1ccc(CO)c(OCC(=O)N2CCN(C)CC2)c1. The lowest BCUT2D eigenvalue weighted by Crippen LogP contribution is -2.48. The molecule has 1 aliphatic heterocycles. The molecule has 1 N–H and O–H groups in total. The van der Waals surface area contributed by atoms with Crippen molar-refractivity contribution < 1.29 is 19.4 Å². The highest BCUT2D eigenvalue weighted by atomic mass is 16.5. The molecule has 1 amide bonds. The Morgan fingerprint density at radius 3 is 2.62 bits per heavy atom. The van der Waals surface area contributed by atoms with Crippen molar-refractivity contribution >= 4 is 5.91 Å². The number of piperazine rings is 1. The second-order valence-electron chi connectivity index (χ2n) is 5.10. The molecule has 0 aliphatic carbocycles.